The number of benzene rings is 3. The summed E-state index contributed by atoms with van der Waals surface area (Å²) in [5.74, 6) is -1.31. The number of rotatable bonds is 9. The second-order valence-corrected chi connectivity index (χ2v) is 12.7. The van der Waals surface area contributed by atoms with Gasteiger partial charge >= 0.3 is 6.18 Å². The zero-order chi connectivity index (χ0) is 30.6. The van der Waals surface area contributed by atoms with Crippen LogP contribution in [-0.4, -0.2) is 43.3 Å². The molecule has 12 heteroatoms. The standard InChI is InChI=1S/C29H31ClF3N3O4S/c1-20(27(38)34-28(2,3)4)35(18-21-11-7-5-8-12-21)26(37)19-36(41(39,40)23-13-9-6-10-14-23)25-17-22(29(31,32)33)15-16-24(25)30/h5-17,20H,18-19H2,1-4H3,(H,34,38)/t20-/m1/s1. The van der Waals surface area contributed by atoms with E-state index in [0.29, 0.717) is 15.9 Å². The lowest BCUT2D eigenvalue weighted by Crippen LogP contribution is -2.54. The van der Waals surface area contributed by atoms with Gasteiger partial charge < -0.3 is 10.2 Å². The molecule has 0 saturated heterocycles. The minimum atomic E-state index is -4.80. The van der Waals surface area contributed by atoms with E-state index in [0.717, 1.165) is 12.1 Å². The van der Waals surface area contributed by atoms with Crippen LogP contribution in [0.1, 0.15) is 38.8 Å². The third-order valence-corrected chi connectivity index (χ3v) is 8.11. The molecule has 0 spiro atoms. The van der Waals surface area contributed by atoms with Crippen LogP contribution in [0.5, 0.6) is 0 Å². The van der Waals surface area contributed by atoms with E-state index in [9.17, 15) is 31.2 Å². The maximum absolute atomic E-state index is 13.9. The van der Waals surface area contributed by atoms with Crippen molar-refractivity contribution in [3.8, 4) is 0 Å². The van der Waals surface area contributed by atoms with Crippen molar-refractivity contribution < 1.29 is 31.2 Å². The molecule has 0 saturated carbocycles. The first-order valence-corrected chi connectivity index (χ1v) is 14.4. The van der Waals surface area contributed by atoms with E-state index in [2.05, 4.69) is 5.32 Å². The molecule has 3 aromatic rings. The number of hydrogen-bond acceptors (Lipinski definition) is 4. The number of amides is 2. The molecular formula is C29H31ClF3N3O4S. The van der Waals surface area contributed by atoms with Crippen LogP contribution in [0.2, 0.25) is 5.02 Å². The van der Waals surface area contributed by atoms with E-state index >= 15 is 0 Å². The summed E-state index contributed by atoms with van der Waals surface area (Å²) in [6, 6.07) is 16.9. The van der Waals surface area contributed by atoms with E-state index in [1.54, 1.807) is 57.2 Å². The summed E-state index contributed by atoms with van der Waals surface area (Å²) in [6.45, 7) is 5.82. The second-order valence-electron chi connectivity index (χ2n) is 10.4. The molecule has 1 atom stereocenters. The molecule has 0 fully saturated rings. The molecule has 2 amide bonds. The van der Waals surface area contributed by atoms with Gasteiger partial charge in [-0.15, -0.1) is 0 Å². The largest absolute Gasteiger partial charge is 0.416 e. The average Bonchev–Trinajstić information content (AvgIpc) is 2.89. The third-order valence-electron chi connectivity index (χ3n) is 6.01. The summed E-state index contributed by atoms with van der Waals surface area (Å²) in [6.07, 6.45) is -4.80. The monoisotopic (exact) mass is 609 g/mol. The lowest BCUT2D eigenvalue weighted by atomic mass is 10.1. The maximum Gasteiger partial charge on any atom is 0.416 e. The highest BCUT2D eigenvalue weighted by Gasteiger charge is 2.36. The number of sulfonamides is 1. The van der Waals surface area contributed by atoms with Crippen molar-refractivity contribution in [3.05, 3.63) is 95.0 Å². The van der Waals surface area contributed by atoms with E-state index in [4.69, 9.17) is 11.6 Å². The first kappa shape index (κ1) is 32.0. The highest BCUT2D eigenvalue weighted by molar-refractivity contribution is 7.92. The van der Waals surface area contributed by atoms with Crippen LogP contribution in [0.15, 0.2) is 83.8 Å². The molecule has 1 N–H and O–H groups in total. The first-order chi connectivity index (χ1) is 19.0. The fraction of sp³-hybridized carbons (Fsp3) is 0.310. The quantitative estimate of drug-likeness (QED) is 0.328. The molecule has 0 aliphatic heterocycles. The Hall–Kier alpha value is -3.57. The van der Waals surface area contributed by atoms with Crippen LogP contribution < -0.4 is 9.62 Å². The molecule has 0 unspecified atom stereocenters. The number of carbonyl (C=O) groups excluding carboxylic acids is 2. The van der Waals surface area contributed by atoms with Crippen molar-refractivity contribution >= 4 is 39.1 Å². The normalized spacial score (nSPS) is 12.9. The number of alkyl halides is 3. The number of nitrogens with one attached hydrogen (secondary N) is 1. The Labute approximate surface area is 243 Å². The van der Waals surface area contributed by atoms with Crippen LogP contribution in [0.25, 0.3) is 0 Å². The summed E-state index contributed by atoms with van der Waals surface area (Å²) in [5.41, 5.74) is -1.63. The van der Waals surface area contributed by atoms with Gasteiger partial charge in [-0.1, -0.05) is 60.1 Å². The van der Waals surface area contributed by atoms with Crippen LogP contribution in [0.4, 0.5) is 18.9 Å². The van der Waals surface area contributed by atoms with Crippen molar-refractivity contribution in [2.75, 3.05) is 10.8 Å². The van der Waals surface area contributed by atoms with Gasteiger partial charge in [0.1, 0.15) is 12.6 Å². The van der Waals surface area contributed by atoms with Gasteiger partial charge in [-0.2, -0.15) is 13.2 Å². The number of nitrogens with zero attached hydrogens (tertiary/aromatic N) is 2. The molecular weight excluding hydrogens is 579 g/mol. The minimum absolute atomic E-state index is 0.0616. The van der Waals surface area contributed by atoms with E-state index in [1.807, 2.05) is 0 Å². The molecule has 3 rings (SSSR count). The Morgan fingerprint density at radius 3 is 2.02 bits per heavy atom. The van der Waals surface area contributed by atoms with Crippen LogP contribution in [0.3, 0.4) is 0 Å². The van der Waals surface area contributed by atoms with Crippen molar-refractivity contribution in [2.24, 2.45) is 0 Å². The molecule has 220 valence electrons. The Kier molecular flexibility index (Phi) is 9.76. The maximum atomic E-state index is 13.9. The highest BCUT2D eigenvalue weighted by Crippen LogP contribution is 2.37. The number of anilines is 1. The van der Waals surface area contributed by atoms with Gasteiger partial charge in [0.05, 0.1) is 21.2 Å². The van der Waals surface area contributed by atoms with Crippen molar-refractivity contribution in [1.82, 2.24) is 10.2 Å². The van der Waals surface area contributed by atoms with E-state index in [-0.39, 0.29) is 16.5 Å². The summed E-state index contributed by atoms with van der Waals surface area (Å²) in [4.78, 5) is 27.9. The average molecular weight is 610 g/mol. The molecule has 0 radical (unpaired) electrons. The zero-order valence-corrected chi connectivity index (χ0v) is 24.5. The number of carbonyl (C=O) groups is 2. The minimum Gasteiger partial charge on any atom is -0.350 e. The van der Waals surface area contributed by atoms with Crippen molar-refractivity contribution in [3.63, 3.8) is 0 Å². The summed E-state index contributed by atoms with van der Waals surface area (Å²) >= 11 is 6.25. The Morgan fingerprint density at radius 2 is 1.49 bits per heavy atom. The fourth-order valence-electron chi connectivity index (χ4n) is 3.95. The van der Waals surface area contributed by atoms with E-state index in [1.165, 1.54) is 36.1 Å². The predicted molar refractivity (Wildman–Crippen MR) is 152 cm³/mol. The molecule has 0 aromatic heterocycles. The SMILES string of the molecule is C[C@H](C(=O)NC(C)(C)C)N(Cc1ccccc1)C(=O)CN(c1cc(C(F)(F)F)ccc1Cl)S(=O)(=O)c1ccccc1. The Morgan fingerprint density at radius 1 is 0.927 bits per heavy atom. The van der Waals surface area contributed by atoms with Gasteiger partial charge in [-0.25, -0.2) is 8.42 Å². The Bertz CT molecular complexity index is 1480. The topological polar surface area (TPSA) is 86.8 Å². The van der Waals surface area contributed by atoms with Gasteiger partial charge in [-0.05, 0) is 63.6 Å². The van der Waals surface area contributed by atoms with Gasteiger partial charge in [0, 0.05) is 12.1 Å². The Balaban J connectivity index is 2.12. The summed E-state index contributed by atoms with van der Waals surface area (Å²) in [7, 11) is -4.58. The van der Waals surface area contributed by atoms with E-state index < -0.39 is 57.4 Å². The first-order valence-electron chi connectivity index (χ1n) is 12.6. The molecule has 3 aromatic carbocycles. The van der Waals surface area contributed by atoms with Crippen LogP contribution in [0, 0.1) is 0 Å². The molecule has 0 aliphatic rings. The smallest absolute Gasteiger partial charge is 0.350 e. The van der Waals surface area contributed by atoms with Gasteiger partial charge in [0.25, 0.3) is 10.0 Å². The van der Waals surface area contributed by atoms with Crippen molar-refractivity contribution in [2.45, 2.75) is 56.9 Å². The van der Waals surface area contributed by atoms with Crippen molar-refractivity contribution in [1.29, 1.82) is 0 Å². The zero-order valence-electron chi connectivity index (χ0n) is 22.9. The molecule has 0 aliphatic carbocycles. The highest BCUT2D eigenvalue weighted by atomic mass is 35.5. The summed E-state index contributed by atoms with van der Waals surface area (Å²) in [5, 5.41) is 2.50. The number of halogens is 4. The molecule has 7 nitrogen and oxygen atoms in total. The molecule has 0 bridgehead atoms. The van der Waals surface area contributed by atoms with Gasteiger partial charge in [-0.3, -0.25) is 13.9 Å². The summed E-state index contributed by atoms with van der Waals surface area (Å²) < 4.78 is 69.0. The fourth-order valence-corrected chi connectivity index (χ4v) is 5.67. The van der Waals surface area contributed by atoms with Gasteiger partial charge in [0.2, 0.25) is 11.8 Å². The predicted octanol–water partition coefficient (Wildman–Crippen LogP) is 5.89. The van der Waals surface area contributed by atoms with Gasteiger partial charge in [0.15, 0.2) is 0 Å². The molecule has 41 heavy (non-hydrogen) atoms. The van der Waals surface area contributed by atoms with Crippen LogP contribution >= 0.6 is 11.6 Å². The van der Waals surface area contributed by atoms with Crippen LogP contribution in [-0.2, 0) is 32.3 Å². The lowest BCUT2D eigenvalue weighted by Gasteiger charge is -2.33. The number of hydrogen-bond donors (Lipinski definition) is 1. The lowest BCUT2D eigenvalue weighted by molar-refractivity contribution is -0.140. The third kappa shape index (κ3) is 8.23. The molecule has 0 heterocycles. The second kappa shape index (κ2) is 12.5.